The minimum Gasteiger partial charge on any atom is -0.476 e. The van der Waals surface area contributed by atoms with Crippen molar-refractivity contribution in [2.45, 2.75) is 13.0 Å². The van der Waals surface area contributed by atoms with Crippen LogP contribution in [0.15, 0.2) is 6.20 Å². The highest BCUT2D eigenvalue weighted by molar-refractivity contribution is 7.90. The topological polar surface area (TPSA) is 143 Å². The zero-order valence-corrected chi connectivity index (χ0v) is 12.3. The third kappa shape index (κ3) is 7.25. The molecular weight excluding hydrogens is 302 g/mol. The van der Waals surface area contributed by atoms with Gasteiger partial charge in [-0.05, 0) is 6.42 Å². The summed E-state index contributed by atoms with van der Waals surface area (Å²) >= 11 is 0. The summed E-state index contributed by atoms with van der Waals surface area (Å²) in [7, 11) is -3.02. The van der Waals surface area contributed by atoms with E-state index in [1.807, 2.05) is 0 Å². The number of hydrogen-bond donors (Lipinski definition) is 3. The average molecular weight is 319 g/mol. The van der Waals surface area contributed by atoms with Gasteiger partial charge in [0.05, 0.1) is 18.5 Å². The first-order valence-corrected chi connectivity index (χ1v) is 8.17. The van der Waals surface area contributed by atoms with E-state index in [0.29, 0.717) is 6.42 Å². The summed E-state index contributed by atoms with van der Waals surface area (Å²) in [5, 5.41) is 20.7. The van der Waals surface area contributed by atoms with Gasteiger partial charge in [-0.15, -0.1) is 5.10 Å². The van der Waals surface area contributed by atoms with Crippen molar-refractivity contribution in [2.75, 3.05) is 25.1 Å². The van der Waals surface area contributed by atoms with Crippen LogP contribution >= 0.6 is 0 Å². The van der Waals surface area contributed by atoms with Crippen LogP contribution in [0, 0.1) is 0 Å². The third-order valence-corrected chi connectivity index (χ3v) is 3.39. The second kappa shape index (κ2) is 7.57. The van der Waals surface area contributed by atoms with Gasteiger partial charge < -0.3 is 15.7 Å². The minimum absolute atomic E-state index is 0.0181. The van der Waals surface area contributed by atoms with E-state index in [0.717, 1.165) is 6.26 Å². The molecule has 0 radical (unpaired) electrons. The van der Waals surface area contributed by atoms with Crippen LogP contribution in [0.5, 0.6) is 0 Å². The van der Waals surface area contributed by atoms with E-state index >= 15 is 0 Å². The number of rotatable bonds is 8. The van der Waals surface area contributed by atoms with Crippen LogP contribution < -0.4 is 10.6 Å². The SMILES string of the molecule is CS(=O)(=O)CCCNC(=O)NCCn1cc(C(=O)O)nn1. The fraction of sp³-hybridized carbons (Fsp3) is 0.600. The molecule has 3 N–H and O–H groups in total. The second-order valence-electron chi connectivity index (χ2n) is 4.34. The van der Waals surface area contributed by atoms with Crippen molar-refractivity contribution < 1.29 is 23.1 Å². The van der Waals surface area contributed by atoms with Gasteiger partial charge in [0.2, 0.25) is 0 Å². The lowest BCUT2D eigenvalue weighted by Crippen LogP contribution is -2.38. The lowest BCUT2D eigenvalue weighted by molar-refractivity contribution is 0.0690. The molecule has 10 nitrogen and oxygen atoms in total. The van der Waals surface area contributed by atoms with Gasteiger partial charge in [-0.1, -0.05) is 5.21 Å². The number of carbonyl (C=O) groups is 2. The average Bonchev–Trinajstić information content (AvgIpc) is 2.82. The van der Waals surface area contributed by atoms with E-state index in [-0.39, 0.29) is 31.1 Å². The fourth-order valence-corrected chi connectivity index (χ4v) is 2.06. The van der Waals surface area contributed by atoms with Crippen LogP contribution in [0.2, 0.25) is 0 Å². The predicted octanol–water partition coefficient (Wildman–Crippen LogP) is -1.29. The molecule has 1 aromatic rings. The maximum absolute atomic E-state index is 11.4. The quantitative estimate of drug-likeness (QED) is 0.506. The number of sulfone groups is 1. The molecule has 0 spiro atoms. The van der Waals surface area contributed by atoms with Crippen LogP contribution in [0.3, 0.4) is 0 Å². The monoisotopic (exact) mass is 319 g/mol. The normalized spacial score (nSPS) is 11.1. The van der Waals surface area contributed by atoms with Gasteiger partial charge in [0.15, 0.2) is 5.69 Å². The zero-order valence-electron chi connectivity index (χ0n) is 11.4. The van der Waals surface area contributed by atoms with Gasteiger partial charge in [-0.2, -0.15) is 0 Å². The van der Waals surface area contributed by atoms with Gasteiger partial charge >= 0.3 is 12.0 Å². The van der Waals surface area contributed by atoms with Crippen molar-refractivity contribution >= 4 is 21.8 Å². The Hall–Kier alpha value is -2.17. The van der Waals surface area contributed by atoms with Gasteiger partial charge in [-0.25, -0.2) is 22.7 Å². The minimum atomic E-state index is -3.02. The Labute approximate surface area is 121 Å². The maximum Gasteiger partial charge on any atom is 0.358 e. The molecule has 0 saturated carbocycles. The van der Waals surface area contributed by atoms with Gasteiger partial charge in [0.25, 0.3) is 0 Å². The summed E-state index contributed by atoms with van der Waals surface area (Å²) in [5.74, 6) is -1.15. The number of aromatic nitrogens is 3. The van der Waals surface area contributed by atoms with E-state index in [4.69, 9.17) is 5.11 Å². The second-order valence-corrected chi connectivity index (χ2v) is 6.60. The summed E-state index contributed by atoms with van der Waals surface area (Å²) < 4.78 is 23.0. The molecule has 118 valence electrons. The number of hydrogen-bond acceptors (Lipinski definition) is 6. The standard InChI is InChI=1S/C10H17N5O5S/c1-21(19,20)6-2-3-11-10(18)12-4-5-15-7-8(9(16)17)13-14-15/h7H,2-6H2,1H3,(H,16,17)(H2,11,12,18). The third-order valence-electron chi connectivity index (χ3n) is 2.36. The van der Waals surface area contributed by atoms with E-state index < -0.39 is 21.8 Å². The molecule has 0 aliphatic carbocycles. The van der Waals surface area contributed by atoms with Crippen molar-refractivity contribution in [3.63, 3.8) is 0 Å². The molecular formula is C10H17N5O5S. The first kappa shape index (κ1) is 16.9. The number of urea groups is 1. The highest BCUT2D eigenvalue weighted by atomic mass is 32.2. The molecule has 0 fully saturated rings. The van der Waals surface area contributed by atoms with E-state index in [1.165, 1.54) is 10.9 Å². The lowest BCUT2D eigenvalue weighted by atomic mass is 10.5. The Kier molecular flexibility index (Phi) is 6.09. The predicted molar refractivity (Wildman–Crippen MR) is 72.7 cm³/mol. The van der Waals surface area contributed by atoms with Crippen LogP contribution in [0.25, 0.3) is 0 Å². The van der Waals surface area contributed by atoms with Crippen LogP contribution in [0.4, 0.5) is 4.79 Å². The van der Waals surface area contributed by atoms with Crippen molar-refractivity contribution in [1.82, 2.24) is 25.6 Å². The van der Waals surface area contributed by atoms with Crippen LogP contribution in [0.1, 0.15) is 16.9 Å². The van der Waals surface area contributed by atoms with Gasteiger partial charge in [0.1, 0.15) is 9.84 Å². The molecule has 1 rings (SSSR count). The largest absolute Gasteiger partial charge is 0.476 e. The maximum atomic E-state index is 11.4. The fourth-order valence-electron chi connectivity index (χ4n) is 1.39. The Morgan fingerprint density at radius 1 is 1.33 bits per heavy atom. The van der Waals surface area contributed by atoms with E-state index in [9.17, 15) is 18.0 Å². The molecule has 0 bridgehead atoms. The summed E-state index contributed by atoms with van der Waals surface area (Å²) in [6.45, 7) is 0.767. The van der Waals surface area contributed by atoms with Gasteiger partial charge in [-0.3, -0.25) is 0 Å². The molecule has 0 aliphatic heterocycles. The van der Waals surface area contributed by atoms with Crippen molar-refractivity contribution in [3.05, 3.63) is 11.9 Å². The summed E-state index contributed by atoms with van der Waals surface area (Å²) in [5.41, 5.74) is -0.166. The molecule has 2 amide bonds. The molecule has 1 heterocycles. The van der Waals surface area contributed by atoms with Crippen LogP contribution in [-0.4, -0.2) is 65.6 Å². The Bertz CT molecular complexity index is 597. The molecule has 0 unspecified atom stereocenters. The molecule has 21 heavy (non-hydrogen) atoms. The highest BCUT2D eigenvalue weighted by Gasteiger charge is 2.08. The molecule has 0 saturated heterocycles. The zero-order chi connectivity index (χ0) is 15.9. The molecule has 0 atom stereocenters. The van der Waals surface area contributed by atoms with Crippen LogP contribution in [-0.2, 0) is 16.4 Å². The van der Waals surface area contributed by atoms with Crippen molar-refractivity contribution in [2.24, 2.45) is 0 Å². The summed E-state index contributed by atoms with van der Waals surface area (Å²) in [6.07, 6.45) is 2.74. The smallest absolute Gasteiger partial charge is 0.358 e. The number of carboxylic acids is 1. The molecule has 0 aliphatic rings. The number of aromatic carboxylic acids is 1. The molecule has 0 aromatic carbocycles. The van der Waals surface area contributed by atoms with E-state index in [1.54, 1.807) is 0 Å². The Morgan fingerprint density at radius 3 is 2.57 bits per heavy atom. The number of nitrogens with zero attached hydrogens (tertiary/aromatic N) is 3. The molecule has 1 aromatic heterocycles. The Morgan fingerprint density at radius 2 is 2.00 bits per heavy atom. The summed E-state index contributed by atoms with van der Waals surface area (Å²) in [4.78, 5) is 21.9. The number of amides is 2. The number of carboxylic acid groups (broad SMARTS) is 1. The summed E-state index contributed by atoms with van der Waals surface area (Å²) in [6, 6.07) is -0.429. The number of nitrogens with one attached hydrogen (secondary N) is 2. The first-order chi connectivity index (χ1) is 9.78. The highest BCUT2D eigenvalue weighted by Crippen LogP contribution is 1.91. The molecule has 11 heteroatoms. The van der Waals surface area contributed by atoms with Gasteiger partial charge in [0, 0.05) is 19.3 Å². The lowest BCUT2D eigenvalue weighted by Gasteiger charge is -2.07. The number of carbonyl (C=O) groups excluding carboxylic acids is 1. The Balaban J connectivity index is 2.17. The van der Waals surface area contributed by atoms with Crippen molar-refractivity contribution in [1.29, 1.82) is 0 Å². The first-order valence-electron chi connectivity index (χ1n) is 6.11. The van der Waals surface area contributed by atoms with Crippen molar-refractivity contribution in [3.8, 4) is 0 Å². The van der Waals surface area contributed by atoms with E-state index in [2.05, 4.69) is 20.9 Å².